The third kappa shape index (κ3) is 4.63. The zero-order valence-electron chi connectivity index (χ0n) is 17.8. The molecule has 31 heavy (non-hydrogen) atoms. The van der Waals surface area contributed by atoms with Crippen molar-refractivity contribution in [2.24, 2.45) is 0 Å². The molecule has 1 aliphatic rings. The number of nitrogens with zero attached hydrogens (tertiary/aromatic N) is 4. The number of aryl methyl sites for hydroxylation is 2. The van der Waals surface area contributed by atoms with Crippen molar-refractivity contribution in [1.82, 2.24) is 24.2 Å². The van der Waals surface area contributed by atoms with Crippen LogP contribution in [0.1, 0.15) is 31.9 Å². The van der Waals surface area contributed by atoms with Crippen LogP contribution in [0.2, 0.25) is 0 Å². The van der Waals surface area contributed by atoms with E-state index in [0.29, 0.717) is 22.9 Å². The van der Waals surface area contributed by atoms with Crippen molar-refractivity contribution in [3.8, 4) is 5.75 Å². The van der Waals surface area contributed by atoms with E-state index in [0.717, 1.165) is 23.5 Å². The smallest absolute Gasteiger partial charge is 0.213 e. The minimum Gasteiger partial charge on any atom is -0.493 e. The predicted octanol–water partition coefficient (Wildman–Crippen LogP) is 2.38. The largest absolute Gasteiger partial charge is 0.493 e. The number of nitrogen functional groups attached to an aromatic ring is 1. The number of ether oxygens (including phenoxy) is 1. The van der Waals surface area contributed by atoms with Gasteiger partial charge >= 0.3 is 0 Å². The van der Waals surface area contributed by atoms with Crippen molar-refractivity contribution in [3.63, 3.8) is 0 Å². The first kappa shape index (κ1) is 21.8. The molecule has 0 saturated heterocycles. The lowest BCUT2D eigenvalue weighted by Crippen LogP contribution is -2.33. The fourth-order valence-corrected chi connectivity index (χ4v) is 5.95. The van der Waals surface area contributed by atoms with Crippen LogP contribution in [0, 0.1) is 0 Å². The number of imidazole rings is 1. The Bertz CT molecular complexity index is 1220. The first-order valence-electron chi connectivity index (χ1n) is 10.2. The van der Waals surface area contributed by atoms with Crippen LogP contribution in [0.5, 0.6) is 5.75 Å². The number of fused-ring (bicyclic) bond motifs is 2. The Kier molecular flexibility index (Phi) is 6.09. The summed E-state index contributed by atoms with van der Waals surface area (Å²) in [7, 11) is -3.45. The quantitative estimate of drug-likeness (QED) is 0.523. The molecule has 2 aromatic heterocycles. The first-order valence-corrected chi connectivity index (χ1v) is 12.7. The summed E-state index contributed by atoms with van der Waals surface area (Å²) in [5.41, 5.74) is 9.42. The molecule has 0 radical (unpaired) electrons. The maximum Gasteiger partial charge on any atom is 0.213 e. The number of nitrogens with one attached hydrogen (secondary N) is 1. The highest BCUT2D eigenvalue weighted by atomic mass is 32.2. The van der Waals surface area contributed by atoms with Gasteiger partial charge in [-0.3, -0.25) is 0 Å². The van der Waals surface area contributed by atoms with E-state index < -0.39 is 10.0 Å². The van der Waals surface area contributed by atoms with Crippen LogP contribution in [0.25, 0.3) is 11.2 Å². The molecule has 1 aliphatic heterocycles. The number of benzene rings is 1. The van der Waals surface area contributed by atoms with Crippen LogP contribution in [0.3, 0.4) is 0 Å². The maximum absolute atomic E-state index is 12.4. The van der Waals surface area contributed by atoms with Crippen molar-refractivity contribution in [2.75, 3.05) is 18.1 Å². The number of aromatic nitrogens is 4. The molecule has 0 saturated carbocycles. The molecule has 4 rings (SSSR count). The molecule has 3 aromatic rings. The van der Waals surface area contributed by atoms with Gasteiger partial charge in [0.05, 0.1) is 12.4 Å². The molecule has 0 aliphatic carbocycles. The molecule has 0 bridgehead atoms. The lowest BCUT2D eigenvalue weighted by Gasteiger charge is -2.13. The monoisotopic (exact) mass is 462 g/mol. The van der Waals surface area contributed by atoms with Gasteiger partial charge in [0.25, 0.3) is 0 Å². The van der Waals surface area contributed by atoms with Crippen LogP contribution in [-0.2, 0) is 29.4 Å². The summed E-state index contributed by atoms with van der Waals surface area (Å²) >= 11 is 1.46. The SMILES string of the molecule is CCc1cc2c(cc1Sc1nc3c(N)ncnc3n1CCS(=O)(=O)NC(C)C)OCC2. The van der Waals surface area contributed by atoms with Crippen molar-refractivity contribution in [1.29, 1.82) is 0 Å². The number of hydrogen-bond donors (Lipinski definition) is 2. The van der Waals surface area contributed by atoms with E-state index in [9.17, 15) is 8.42 Å². The minimum atomic E-state index is -3.45. The molecule has 0 fully saturated rings. The van der Waals surface area contributed by atoms with E-state index in [2.05, 4.69) is 32.7 Å². The molecule has 0 spiro atoms. The van der Waals surface area contributed by atoms with Crippen LogP contribution < -0.4 is 15.2 Å². The molecule has 3 N–H and O–H groups in total. The average molecular weight is 463 g/mol. The highest BCUT2D eigenvalue weighted by Gasteiger charge is 2.22. The fourth-order valence-electron chi connectivity index (χ4n) is 3.57. The van der Waals surface area contributed by atoms with Gasteiger partial charge in [-0.15, -0.1) is 0 Å². The Balaban J connectivity index is 1.73. The van der Waals surface area contributed by atoms with Crippen LogP contribution >= 0.6 is 11.8 Å². The topological polar surface area (TPSA) is 125 Å². The average Bonchev–Trinajstić information content (AvgIpc) is 3.29. The molecular weight excluding hydrogens is 436 g/mol. The van der Waals surface area contributed by atoms with Crippen LogP contribution in [-0.4, -0.2) is 46.3 Å². The Morgan fingerprint density at radius 3 is 2.87 bits per heavy atom. The Labute approximate surface area is 185 Å². The summed E-state index contributed by atoms with van der Waals surface area (Å²) in [6.45, 7) is 6.58. The molecule has 0 unspecified atom stereocenters. The predicted molar refractivity (Wildman–Crippen MR) is 121 cm³/mol. The van der Waals surface area contributed by atoms with Crippen LogP contribution in [0.15, 0.2) is 28.5 Å². The second kappa shape index (κ2) is 8.64. The Morgan fingerprint density at radius 1 is 1.32 bits per heavy atom. The number of rotatable bonds is 8. The summed E-state index contributed by atoms with van der Waals surface area (Å²) in [4.78, 5) is 14.0. The standard InChI is InChI=1S/C20H26N6O3S2/c1-4-13-9-14-5-7-29-15(14)10-16(13)30-20-24-17-18(21)22-11-23-19(17)26(20)6-8-31(27,28)25-12(2)3/h9-12,25H,4-8H2,1-3H3,(H2,21,22,23). The molecule has 166 valence electrons. The zero-order valence-corrected chi connectivity index (χ0v) is 19.4. The summed E-state index contributed by atoms with van der Waals surface area (Å²) in [6.07, 6.45) is 3.15. The van der Waals surface area contributed by atoms with Gasteiger partial charge in [-0.25, -0.2) is 28.1 Å². The van der Waals surface area contributed by atoms with Gasteiger partial charge in [0.15, 0.2) is 22.1 Å². The second-order valence-electron chi connectivity index (χ2n) is 7.69. The van der Waals surface area contributed by atoms with Gasteiger partial charge in [0.1, 0.15) is 12.1 Å². The van der Waals surface area contributed by atoms with Crippen molar-refractivity contribution in [2.45, 2.75) is 56.3 Å². The van der Waals surface area contributed by atoms with E-state index in [-0.39, 0.29) is 24.2 Å². The van der Waals surface area contributed by atoms with Crippen molar-refractivity contribution < 1.29 is 13.2 Å². The zero-order chi connectivity index (χ0) is 22.2. The molecule has 9 nitrogen and oxygen atoms in total. The number of hydrogen-bond acceptors (Lipinski definition) is 8. The highest BCUT2D eigenvalue weighted by molar-refractivity contribution is 7.99. The van der Waals surface area contributed by atoms with E-state index in [4.69, 9.17) is 10.5 Å². The van der Waals surface area contributed by atoms with Gasteiger partial charge in [0, 0.05) is 23.9 Å². The summed E-state index contributed by atoms with van der Waals surface area (Å²) < 4.78 is 35.0. The molecule has 1 aromatic carbocycles. The molecule has 3 heterocycles. The van der Waals surface area contributed by atoms with E-state index in [1.165, 1.54) is 29.2 Å². The summed E-state index contributed by atoms with van der Waals surface area (Å²) in [5.74, 6) is 1.06. The van der Waals surface area contributed by atoms with Gasteiger partial charge in [-0.2, -0.15) is 0 Å². The number of nitrogens with two attached hydrogens (primary N) is 1. The number of sulfonamides is 1. The third-order valence-corrected chi connectivity index (χ3v) is 7.62. The summed E-state index contributed by atoms with van der Waals surface area (Å²) in [6, 6.07) is 4.06. The van der Waals surface area contributed by atoms with Crippen molar-refractivity contribution >= 4 is 38.8 Å². The van der Waals surface area contributed by atoms with Gasteiger partial charge in [-0.05, 0) is 37.5 Å². The highest BCUT2D eigenvalue weighted by Crippen LogP contribution is 2.38. The normalized spacial score (nSPS) is 13.7. The first-order chi connectivity index (χ1) is 14.8. The Hall–Kier alpha value is -2.37. The van der Waals surface area contributed by atoms with Gasteiger partial charge < -0.3 is 15.0 Å². The summed E-state index contributed by atoms with van der Waals surface area (Å²) in [5, 5.41) is 0.620. The lowest BCUT2D eigenvalue weighted by atomic mass is 10.1. The number of anilines is 1. The lowest BCUT2D eigenvalue weighted by molar-refractivity contribution is 0.356. The molecule has 11 heteroatoms. The van der Waals surface area contributed by atoms with Crippen LogP contribution in [0.4, 0.5) is 5.82 Å². The molecule has 0 atom stereocenters. The van der Waals surface area contributed by atoms with E-state index >= 15 is 0 Å². The van der Waals surface area contributed by atoms with Gasteiger partial charge in [0.2, 0.25) is 10.0 Å². The van der Waals surface area contributed by atoms with Crippen molar-refractivity contribution in [3.05, 3.63) is 29.6 Å². The van der Waals surface area contributed by atoms with Gasteiger partial charge in [-0.1, -0.05) is 24.8 Å². The van der Waals surface area contributed by atoms with E-state index in [1.54, 1.807) is 18.4 Å². The third-order valence-electron chi connectivity index (χ3n) is 4.98. The maximum atomic E-state index is 12.4. The molecular formula is C20H26N6O3S2. The molecule has 0 amide bonds. The Morgan fingerprint density at radius 2 is 2.13 bits per heavy atom. The minimum absolute atomic E-state index is 0.0952. The van der Waals surface area contributed by atoms with E-state index in [1.807, 2.05) is 6.07 Å². The fraction of sp³-hybridized carbons (Fsp3) is 0.450. The second-order valence-corrected chi connectivity index (χ2v) is 10.6.